The summed E-state index contributed by atoms with van der Waals surface area (Å²) < 4.78 is 11.4. The molecule has 0 saturated carbocycles. The van der Waals surface area contributed by atoms with Crippen LogP contribution in [0.5, 0.6) is 11.5 Å². The fraction of sp³-hybridized carbons (Fsp3) is 0.304. The highest BCUT2D eigenvalue weighted by Crippen LogP contribution is 2.35. The number of benzene rings is 2. The molecule has 1 heterocycles. The Morgan fingerprint density at radius 3 is 2.70 bits per heavy atom. The van der Waals surface area contributed by atoms with Gasteiger partial charge in [0, 0.05) is 29.9 Å². The Balaban J connectivity index is 1.80. The van der Waals surface area contributed by atoms with Crippen LogP contribution in [-0.2, 0) is 0 Å². The standard InChI is InChI=1S/C23H28N4O3/c1-16(26-28)9-7-8-14-30-22-15-18(12-13-21(22)29-4)27(3)23-19-10-5-6-11-20(19)24-17(2)25-23/h5-6,10-13,15,26,28H,1,7-9,14H2,2-4H3. The van der Waals surface area contributed by atoms with Crippen LogP contribution in [0.25, 0.3) is 10.9 Å². The number of para-hydroxylation sites is 1. The maximum Gasteiger partial charge on any atom is 0.163 e. The van der Waals surface area contributed by atoms with Crippen molar-refractivity contribution >= 4 is 22.4 Å². The lowest BCUT2D eigenvalue weighted by Gasteiger charge is -2.22. The Morgan fingerprint density at radius 1 is 1.13 bits per heavy atom. The number of nitrogens with one attached hydrogen (secondary N) is 1. The summed E-state index contributed by atoms with van der Waals surface area (Å²) in [7, 11) is 3.61. The van der Waals surface area contributed by atoms with Gasteiger partial charge < -0.3 is 14.4 Å². The Kier molecular flexibility index (Phi) is 7.08. The van der Waals surface area contributed by atoms with E-state index >= 15 is 0 Å². The number of rotatable bonds is 10. The molecule has 1 aromatic heterocycles. The zero-order valence-corrected chi connectivity index (χ0v) is 17.7. The number of methoxy groups -OCH3 is 1. The summed E-state index contributed by atoms with van der Waals surface area (Å²) in [4.78, 5) is 11.2. The van der Waals surface area contributed by atoms with Gasteiger partial charge in [0.2, 0.25) is 0 Å². The molecule has 0 bridgehead atoms. The molecule has 0 aliphatic heterocycles. The first-order chi connectivity index (χ1) is 14.5. The van der Waals surface area contributed by atoms with Crippen molar-refractivity contribution in [3.63, 3.8) is 0 Å². The van der Waals surface area contributed by atoms with E-state index in [1.165, 1.54) is 0 Å². The summed E-state index contributed by atoms with van der Waals surface area (Å²) >= 11 is 0. The van der Waals surface area contributed by atoms with E-state index in [0.717, 1.165) is 41.1 Å². The van der Waals surface area contributed by atoms with Gasteiger partial charge in [-0.15, -0.1) is 0 Å². The third-order valence-electron chi connectivity index (χ3n) is 4.84. The average Bonchev–Trinajstić information content (AvgIpc) is 2.77. The molecular weight excluding hydrogens is 380 g/mol. The SMILES string of the molecule is C=C(CCCCOc1cc(N(C)c2nc(C)nc3ccccc23)ccc1OC)NO. The smallest absolute Gasteiger partial charge is 0.163 e. The van der Waals surface area contributed by atoms with E-state index in [1.807, 2.05) is 61.3 Å². The molecule has 0 saturated heterocycles. The molecule has 0 spiro atoms. The van der Waals surface area contributed by atoms with E-state index in [9.17, 15) is 0 Å². The maximum absolute atomic E-state index is 8.79. The number of anilines is 2. The Morgan fingerprint density at radius 2 is 1.93 bits per heavy atom. The Labute approximate surface area is 176 Å². The molecule has 3 rings (SSSR count). The number of hydroxylamine groups is 1. The van der Waals surface area contributed by atoms with Gasteiger partial charge in [-0.1, -0.05) is 18.7 Å². The normalized spacial score (nSPS) is 10.7. The van der Waals surface area contributed by atoms with Crippen LogP contribution in [-0.4, -0.2) is 35.9 Å². The first-order valence-electron chi connectivity index (χ1n) is 9.89. The number of hydrogen-bond donors (Lipinski definition) is 2. The van der Waals surface area contributed by atoms with E-state index in [1.54, 1.807) is 7.11 Å². The van der Waals surface area contributed by atoms with Gasteiger partial charge in [0.15, 0.2) is 11.5 Å². The highest BCUT2D eigenvalue weighted by Gasteiger charge is 2.14. The molecule has 0 radical (unpaired) electrons. The number of nitrogens with zero attached hydrogens (tertiary/aromatic N) is 3. The minimum atomic E-state index is 0.539. The van der Waals surface area contributed by atoms with E-state index in [2.05, 4.69) is 22.0 Å². The molecule has 0 fully saturated rings. The van der Waals surface area contributed by atoms with Crippen LogP contribution in [0.1, 0.15) is 25.1 Å². The van der Waals surface area contributed by atoms with Crippen LogP contribution in [0, 0.1) is 6.92 Å². The molecular formula is C23H28N4O3. The monoisotopic (exact) mass is 408 g/mol. The van der Waals surface area contributed by atoms with Crippen molar-refractivity contribution in [1.82, 2.24) is 15.4 Å². The van der Waals surface area contributed by atoms with Crippen molar-refractivity contribution in [3.8, 4) is 11.5 Å². The minimum absolute atomic E-state index is 0.539. The molecule has 2 aromatic carbocycles. The number of aromatic nitrogens is 2. The summed E-state index contributed by atoms with van der Waals surface area (Å²) in [6.45, 7) is 6.14. The lowest BCUT2D eigenvalue weighted by Crippen LogP contribution is -2.13. The number of ether oxygens (including phenoxy) is 2. The van der Waals surface area contributed by atoms with Crippen molar-refractivity contribution in [1.29, 1.82) is 0 Å². The number of aryl methyl sites for hydroxylation is 1. The molecule has 2 N–H and O–H groups in total. The van der Waals surface area contributed by atoms with Crippen molar-refractivity contribution in [3.05, 3.63) is 60.6 Å². The summed E-state index contributed by atoms with van der Waals surface area (Å²) in [5.41, 5.74) is 4.52. The predicted octanol–water partition coefficient (Wildman–Crippen LogP) is 4.76. The first kappa shape index (κ1) is 21.4. The van der Waals surface area contributed by atoms with E-state index < -0.39 is 0 Å². The fourth-order valence-electron chi connectivity index (χ4n) is 3.22. The highest BCUT2D eigenvalue weighted by atomic mass is 16.5. The molecule has 0 aliphatic carbocycles. The molecule has 0 atom stereocenters. The first-order valence-corrected chi connectivity index (χ1v) is 9.89. The van der Waals surface area contributed by atoms with E-state index in [-0.39, 0.29) is 0 Å². The van der Waals surface area contributed by atoms with Crippen LogP contribution in [0.15, 0.2) is 54.7 Å². The van der Waals surface area contributed by atoms with E-state index in [4.69, 9.17) is 14.7 Å². The molecule has 0 aliphatic rings. The van der Waals surface area contributed by atoms with Gasteiger partial charge in [-0.2, -0.15) is 0 Å². The summed E-state index contributed by atoms with van der Waals surface area (Å²) in [5.74, 6) is 2.91. The molecule has 7 nitrogen and oxygen atoms in total. The van der Waals surface area contributed by atoms with Crippen LogP contribution < -0.4 is 19.9 Å². The number of fused-ring (bicyclic) bond motifs is 1. The summed E-state index contributed by atoms with van der Waals surface area (Å²) in [5, 5.41) is 9.77. The summed E-state index contributed by atoms with van der Waals surface area (Å²) in [6, 6.07) is 13.8. The second kappa shape index (κ2) is 9.93. The van der Waals surface area contributed by atoms with Crippen LogP contribution in [0.3, 0.4) is 0 Å². The zero-order chi connectivity index (χ0) is 21.5. The van der Waals surface area contributed by atoms with Gasteiger partial charge >= 0.3 is 0 Å². The molecule has 0 amide bonds. The van der Waals surface area contributed by atoms with Gasteiger partial charge in [-0.25, -0.2) is 9.97 Å². The van der Waals surface area contributed by atoms with Gasteiger partial charge in [0.05, 0.1) is 19.2 Å². The third-order valence-corrected chi connectivity index (χ3v) is 4.84. The molecule has 7 heteroatoms. The van der Waals surface area contributed by atoms with Crippen molar-refractivity contribution in [2.24, 2.45) is 0 Å². The largest absolute Gasteiger partial charge is 0.493 e. The zero-order valence-electron chi connectivity index (χ0n) is 17.7. The maximum atomic E-state index is 8.79. The Bertz CT molecular complexity index is 1020. The van der Waals surface area contributed by atoms with Gasteiger partial charge in [0.1, 0.15) is 11.6 Å². The molecule has 3 aromatic rings. The van der Waals surface area contributed by atoms with Crippen LogP contribution in [0.4, 0.5) is 11.5 Å². The fourth-order valence-corrected chi connectivity index (χ4v) is 3.22. The quantitative estimate of drug-likeness (QED) is 0.370. The molecule has 158 valence electrons. The van der Waals surface area contributed by atoms with Crippen molar-refractivity contribution in [2.45, 2.75) is 26.2 Å². The predicted molar refractivity (Wildman–Crippen MR) is 119 cm³/mol. The van der Waals surface area contributed by atoms with Gasteiger partial charge in [-0.3, -0.25) is 10.7 Å². The second-order valence-corrected chi connectivity index (χ2v) is 7.03. The highest BCUT2D eigenvalue weighted by molar-refractivity contribution is 5.91. The van der Waals surface area contributed by atoms with Crippen LogP contribution >= 0.6 is 0 Å². The van der Waals surface area contributed by atoms with Crippen molar-refractivity contribution < 1.29 is 14.7 Å². The van der Waals surface area contributed by atoms with Gasteiger partial charge in [-0.05, 0) is 50.5 Å². The molecule has 0 unspecified atom stereocenters. The number of hydrogen-bond acceptors (Lipinski definition) is 7. The number of allylic oxidation sites excluding steroid dienone is 1. The number of unbranched alkanes of at least 4 members (excludes halogenated alkanes) is 1. The Hall–Kier alpha value is -3.32. The lowest BCUT2D eigenvalue weighted by atomic mass is 10.2. The van der Waals surface area contributed by atoms with E-state index in [0.29, 0.717) is 30.2 Å². The molecule has 30 heavy (non-hydrogen) atoms. The minimum Gasteiger partial charge on any atom is -0.493 e. The van der Waals surface area contributed by atoms with Crippen molar-refractivity contribution in [2.75, 3.05) is 25.7 Å². The average molecular weight is 409 g/mol. The third kappa shape index (κ3) is 4.99. The van der Waals surface area contributed by atoms with Crippen LogP contribution in [0.2, 0.25) is 0 Å². The second-order valence-electron chi connectivity index (χ2n) is 7.03. The summed E-state index contributed by atoms with van der Waals surface area (Å²) in [6.07, 6.45) is 2.39. The van der Waals surface area contributed by atoms with Gasteiger partial charge in [0.25, 0.3) is 0 Å². The topological polar surface area (TPSA) is 79.7 Å². The lowest BCUT2D eigenvalue weighted by molar-refractivity contribution is 0.195.